The van der Waals surface area contributed by atoms with Crippen LogP contribution in [-0.2, 0) is 5.41 Å². The molecule has 0 fully saturated rings. The molecule has 0 unspecified atom stereocenters. The Kier molecular flexibility index (Phi) is 7.55. The predicted octanol–water partition coefficient (Wildman–Crippen LogP) is 14.6. The SMILES string of the molecule is CC1(C)c2ccccc2-c2cc(-c3cccc(-c4cc(-c5ccccc5-c5ccccc5)nc(-c5c6ccccc6cc6c5ccc5ccccc56)n4)c3)ccc21. The molecule has 0 aliphatic heterocycles. The van der Waals surface area contributed by atoms with Crippen LogP contribution in [0.4, 0.5) is 0 Å². The highest BCUT2D eigenvalue weighted by molar-refractivity contribution is 6.19. The smallest absolute Gasteiger partial charge is 0.161 e. The van der Waals surface area contributed by atoms with E-state index < -0.39 is 0 Å². The van der Waals surface area contributed by atoms with Crippen LogP contribution in [-0.4, -0.2) is 9.97 Å². The fourth-order valence-electron chi connectivity index (χ4n) is 9.24. The summed E-state index contributed by atoms with van der Waals surface area (Å²) >= 11 is 0. The molecule has 0 bridgehead atoms. The molecule has 11 rings (SSSR count). The summed E-state index contributed by atoms with van der Waals surface area (Å²) in [5.41, 5.74) is 14.9. The van der Waals surface area contributed by atoms with Gasteiger partial charge in [0.1, 0.15) is 0 Å². The third kappa shape index (κ3) is 5.40. The quantitative estimate of drug-likeness (QED) is 0.130. The largest absolute Gasteiger partial charge is 0.228 e. The van der Waals surface area contributed by atoms with E-state index in [2.05, 4.69) is 208 Å². The van der Waals surface area contributed by atoms with Gasteiger partial charge in [-0.1, -0.05) is 184 Å². The molecule has 1 heterocycles. The van der Waals surface area contributed by atoms with Crippen LogP contribution in [0.1, 0.15) is 25.0 Å². The highest BCUT2D eigenvalue weighted by atomic mass is 14.9. The standard InChI is InChI=1S/C55H38N2/c1-55(2)49-26-13-12-24-44(49)48-32-38(28-30-50(48)55)37-19-14-20-40(31-37)51-34-52(45-25-11-10-21-41(45)35-15-4-3-5-16-35)57-54(56-51)53-43-23-9-7-18-39(43)33-47-42-22-8-6-17-36(42)27-29-46(47)53/h3-34H,1-2H3. The van der Waals surface area contributed by atoms with Crippen LogP contribution in [0.2, 0.25) is 0 Å². The van der Waals surface area contributed by atoms with Crippen LogP contribution >= 0.6 is 0 Å². The molecule has 0 saturated heterocycles. The van der Waals surface area contributed by atoms with Crippen LogP contribution in [0.25, 0.3) is 99.6 Å². The number of hydrogen-bond acceptors (Lipinski definition) is 2. The summed E-state index contributed by atoms with van der Waals surface area (Å²) in [5, 5.41) is 7.08. The number of hydrogen-bond donors (Lipinski definition) is 0. The minimum atomic E-state index is -0.0336. The maximum Gasteiger partial charge on any atom is 0.161 e. The van der Waals surface area contributed by atoms with Gasteiger partial charge in [0.25, 0.3) is 0 Å². The fourth-order valence-corrected chi connectivity index (χ4v) is 9.24. The van der Waals surface area contributed by atoms with Crippen LogP contribution in [0.3, 0.4) is 0 Å². The summed E-state index contributed by atoms with van der Waals surface area (Å²) in [6.45, 7) is 4.67. The minimum absolute atomic E-state index is 0.0336. The molecule has 0 radical (unpaired) electrons. The van der Waals surface area contributed by atoms with E-state index >= 15 is 0 Å². The first kappa shape index (κ1) is 33.2. The molecular weight excluding hydrogens is 689 g/mol. The minimum Gasteiger partial charge on any atom is -0.228 e. The van der Waals surface area contributed by atoms with E-state index in [1.165, 1.54) is 49.4 Å². The van der Waals surface area contributed by atoms with E-state index in [-0.39, 0.29) is 5.41 Å². The molecule has 0 N–H and O–H groups in total. The number of nitrogens with zero attached hydrogens (tertiary/aromatic N) is 2. The van der Waals surface area contributed by atoms with Gasteiger partial charge in [-0.15, -0.1) is 0 Å². The average Bonchev–Trinajstić information content (AvgIpc) is 3.51. The lowest BCUT2D eigenvalue weighted by Gasteiger charge is -2.21. The third-order valence-corrected chi connectivity index (χ3v) is 12.1. The zero-order valence-corrected chi connectivity index (χ0v) is 31.9. The van der Waals surface area contributed by atoms with Gasteiger partial charge in [0, 0.05) is 22.1 Å². The number of rotatable bonds is 5. The first-order valence-electron chi connectivity index (χ1n) is 19.7. The van der Waals surface area contributed by atoms with Gasteiger partial charge >= 0.3 is 0 Å². The Balaban J connectivity index is 1.15. The van der Waals surface area contributed by atoms with Crippen molar-refractivity contribution >= 4 is 32.3 Å². The normalized spacial score (nSPS) is 12.9. The maximum atomic E-state index is 5.51. The molecule has 2 nitrogen and oxygen atoms in total. The second-order valence-electron chi connectivity index (χ2n) is 15.7. The molecule has 0 saturated carbocycles. The van der Waals surface area contributed by atoms with Gasteiger partial charge in [0.15, 0.2) is 5.82 Å². The number of benzene rings is 9. The lowest BCUT2D eigenvalue weighted by molar-refractivity contribution is 0.660. The molecule has 10 aromatic rings. The summed E-state index contributed by atoms with van der Waals surface area (Å²) in [6.07, 6.45) is 0. The monoisotopic (exact) mass is 726 g/mol. The molecule has 2 heteroatoms. The van der Waals surface area contributed by atoms with Crippen LogP contribution < -0.4 is 0 Å². The Hall–Kier alpha value is -7.16. The molecule has 9 aromatic carbocycles. The molecule has 1 aliphatic carbocycles. The Morgan fingerprint density at radius 3 is 1.82 bits per heavy atom. The van der Waals surface area contributed by atoms with E-state index in [0.29, 0.717) is 5.82 Å². The van der Waals surface area contributed by atoms with Crippen molar-refractivity contribution in [1.82, 2.24) is 9.97 Å². The summed E-state index contributed by atoms with van der Waals surface area (Å²) in [6, 6.07) is 70.2. The lowest BCUT2D eigenvalue weighted by atomic mass is 9.82. The Morgan fingerprint density at radius 2 is 0.965 bits per heavy atom. The first-order valence-corrected chi connectivity index (χ1v) is 19.7. The van der Waals surface area contributed by atoms with E-state index in [1.54, 1.807) is 0 Å². The van der Waals surface area contributed by atoms with Crippen molar-refractivity contribution in [3.63, 3.8) is 0 Å². The topological polar surface area (TPSA) is 25.8 Å². The molecule has 0 spiro atoms. The zero-order valence-electron chi connectivity index (χ0n) is 31.9. The van der Waals surface area contributed by atoms with Crippen molar-refractivity contribution in [2.45, 2.75) is 19.3 Å². The van der Waals surface area contributed by atoms with Gasteiger partial charge in [0.2, 0.25) is 0 Å². The van der Waals surface area contributed by atoms with Crippen molar-refractivity contribution in [2.24, 2.45) is 0 Å². The maximum absolute atomic E-state index is 5.51. The van der Waals surface area contributed by atoms with E-state index in [1.807, 2.05) is 0 Å². The zero-order chi connectivity index (χ0) is 38.1. The summed E-state index contributed by atoms with van der Waals surface area (Å²) in [5.74, 6) is 0.712. The molecule has 57 heavy (non-hydrogen) atoms. The molecule has 1 aromatic heterocycles. The average molecular weight is 727 g/mol. The van der Waals surface area contributed by atoms with Gasteiger partial charge in [-0.25, -0.2) is 9.97 Å². The lowest BCUT2D eigenvalue weighted by Crippen LogP contribution is -2.14. The van der Waals surface area contributed by atoms with Crippen LogP contribution in [0, 0.1) is 0 Å². The highest BCUT2D eigenvalue weighted by Gasteiger charge is 2.35. The molecule has 268 valence electrons. The Labute approximate surface area is 332 Å². The number of aromatic nitrogens is 2. The molecule has 1 aliphatic rings. The summed E-state index contributed by atoms with van der Waals surface area (Å²) < 4.78 is 0. The Morgan fingerprint density at radius 1 is 0.333 bits per heavy atom. The highest BCUT2D eigenvalue weighted by Crippen LogP contribution is 2.50. The van der Waals surface area contributed by atoms with Gasteiger partial charge in [-0.05, 0) is 101 Å². The molecule has 0 amide bonds. The first-order chi connectivity index (χ1) is 28.0. The second kappa shape index (κ2) is 13.0. The van der Waals surface area contributed by atoms with Gasteiger partial charge in [0.05, 0.1) is 11.4 Å². The third-order valence-electron chi connectivity index (χ3n) is 12.1. The van der Waals surface area contributed by atoms with Crippen molar-refractivity contribution < 1.29 is 0 Å². The van der Waals surface area contributed by atoms with Crippen LogP contribution in [0.15, 0.2) is 194 Å². The molecule has 0 atom stereocenters. The predicted molar refractivity (Wildman–Crippen MR) is 239 cm³/mol. The van der Waals surface area contributed by atoms with Gasteiger partial charge in [-0.2, -0.15) is 0 Å². The van der Waals surface area contributed by atoms with E-state index in [4.69, 9.17) is 9.97 Å². The summed E-state index contributed by atoms with van der Waals surface area (Å²) in [7, 11) is 0. The number of fused-ring (bicyclic) bond motifs is 7. The summed E-state index contributed by atoms with van der Waals surface area (Å²) in [4.78, 5) is 11.0. The van der Waals surface area contributed by atoms with Gasteiger partial charge in [-0.3, -0.25) is 0 Å². The van der Waals surface area contributed by atoms with Crippen LogP contribution in [0.5, 0.6) is 0 Å². The Bertz CT molecular complexity index is 3210. The second-order valence-corrected chi connectivity index (χ2v) is 15.7. The van der Waals surface area contributed by atoms with E-state index in [9.17, 15) is 0 Å². The van der Waals surface area contributed by atoms with Crippen molar-refractivity contribution in [3.8, 4) is 67.3 Å². The van der Waals surface area contributed by atoms with E-state index in [0.717, 1.165) is 55.5 Å². The van der Waals surface area contributed by atoms with Gasteiger partial charge < -0.3 is 0 Å². The van der Waals surface area contributed by atoms with Crippen molar-refractivity contribution in [2.75, 3.05) is 0 Å². The van der Waals surface area contributed by atoms with Crippen molar-refractivity contribution in [3.05, 3.63) is 205 Å². The molecular formula is C55H38N2. The van der Waals surface area contributed by atoms with Crippen molar-refractivity contribution in [1.29, 1.82) is 0 Å². The fraction of sp³-hybridized carbons (Fsp3) is 0.0545.